The molecular weight excluding hydrogens is 288 g/mol. The third kappa shape index (κ3) is 3.37. The van der Waals surface area contributed by atoms with E-state index in [1.165, 1.54) is 0 Å². The molecular formula is C19H22N2O2. The lowest BCUT2D eigenvalue weighted by Gasteiger charge is -2.12. The van der Waals surface area contributed by atoms with Crippen molar-refractivity contribution in [3.05, 3.63) is 59.9 Å². The summed E-state index contributed by atoms with van der Waals surface area (Å²) in [5.74, 6) is 1.64. The fraction of sp³-hybridized carbons (Fsp3) is 0.316. The van der Waals surface area contributed by atoms with Crippen molar-refractivity contribution >= 4 is 11.0 Å². The SMILES string of the molecule is Cc1ccccc1OCCCn1c([C@@H](C)O)nc2ccccc21. The molecule has 2 aromatic carbocycles. The summed E-state index contributed by atoms with van der Waals surface area (Å²) in [5, 5.41) is 9.96. The predicted octanol–water partition coefficient (Wildman–Crippen LogP) is 3.87. The molecule has 0 saturated carbocycles. The van der Waals surface area contributed by atoms with Crippen LogP contribution < -0.4 is 4.74 Å². The maximum Gasteiger partial charge on any atom is 0.138 e. The van der Waals surface area contributed by atoms with E-state index < -0.39 is 6.10 Å². The smallest absolute Gasteiger partial charge is 0.138 e. The van der Waals surface area contributed by atoms with Crippen LogP contribution in [0.4, 0.5) is 0 Å². The van der Waals surface area contributed by atoms with Gasteiger partial charge in [0.15, 0.2) is 0 Å². The number of rotatable bonds is 6. The lowest BCUT2D eigenvalue weighted by Crippen LogP contribution is -2.10. The first-order chi connectivity index (χ1) is 11.2. The highest BCUT2D eigenvalue weighted by Gasteiger charge is 2.14. The minimum Gasteiger partial charge on any atom is -0.493 e. The molecule has 3 aromatic rings. The van der Waals surface area contributed by atoms with Gasteiger partial charge in [-0.2, -0.15) is 0 Å². The molecule has 0 saturated heterocycles. The van der Waals surface area contributed by atoms with Gasteiger partial charge < -0.3 is 14.4 Å². The number of para-hydroxylation sites is 3. The van der Waals surface area contributed by atoms with Gasteiger partial charge >= 0.3 is 0 Å². The number of imidazole rings is 1. The number of benzene rings is 2. The van der Waals surface area contributed by atoms with Gasteiger partial charge in [-0.3, -0.25) is 0 Å². The molecule has 0 fully saturated rings. The minimum atomic E-state index is -0.584. The zero-order valence-electron chi connectivity index (χ0n) is 13.6. The Hall–Kier alpha value is -2.33. The Morgan fingerprint density at radius 2 is 1.87 bits per heavy atom. The fourth-order valence-electron chi connectivity index (χ4n) is 2.77. The highest BCUT2D eigenvalue weighted by atomic mass is 16.5. The van der Waals surface area contributed by atoms with Crippen LogP contribution in [0.25, 0.3) is 11.0 Å². The second kappa shape index (κ2) is 6.84. The Bertz CT molecular complexity index is 793. The summed E-state index contributed by atoms with van der Waals surface area (Å²) in [6.45, 7) is 5.20. The van der Waals surface area contributed by atoms with Gasteiger partial charge in [-0.25, -0.2) is 4.98 Å². The highest BCUT2D eigenvalue weighted by molar-refractivity contribution is 5.75. The molecule has 4 heteroatoms. The number of nitrogens with zero attached hydrogens (tertiary/aromatic N) is 2. The summed E-state index contributed by atoms with van der Waals surface area (Å²) in [4.78, 5) is 4.54. The number of fused-ring (bicyclic) bond motifs is 1. The number of aromatic nitrogens is 2. The number of ether oxygens (including phenoxy) is 1. The molecule has 120 valence electrons. The van der Waals surface area contributed by atoms with Crippen molar-refractivity contribution in [2.75, 3.05) is 6.61 Å². The Balaban J connectivity index is 1.69. The molecule has 3 rings (SSSR count). The van der Waals surface area contributed by atoms with Gasteiger partial charge in [-0.1, -0.05) is 30.3 Å². The van der Waals surface area contributed by atoms with E-state index in [0.717, 1.165) is 35.3 Å². The van der Waals surface area contributed by atoms with Gasteiger partial charge in [-0.05, 0) is 44.0 Å². The number of aliphatic hydroxyl groups excluding tert-OH is 1. The van der Waals surface area contributed by atoms with Crippen LogP contribution >= 0.6 is 0 Å². The molecule has 0 aliphatic rings. The zero-order valence-corrected chi connectivity index (χ0v) is 13.6. The standard InChI is InChI=1S/C19H22N2O2/c1-14-8-3-6-11-18(14)23-13-7-12-21-17-10-5-4-9-16(17)20-19(21)15(2)22/h3-6,8-11,15,22H,7,12-13H2,1-2H3/t15-/m1/s1. The quantitative estimate of drug-likeness (QED) is 0.703. The summed E-state index contributed by atoms with van der Waals surface area (Å²) in [6.07, 6.45) is 0.272. The molecule has 0 radical (unpaired) electrons. The lowest BCUT2D eigenvalue weighted by atomic mass is 10.2. The van der Waals surface area contributed by atoms with Crippen LogP contribution in [-0.4, -0.2) is 21.3 Å². The first-order valence-corrected chi connectivity index (χ1v) is 7.98. The molecule has 0 amide bonds. The van der Waals surface area contributed by atoms with E-state index in [9.17, 15) is 5.11 Å². The van der Waals surface area contributed by atoms with E-state index >= 15 is 0 Å². The average Bonchev–Trinajstić information content (AvgIpc) is 2.92. The van der Waals surface area contributed by atoms with Crippen molar-refractivity contribution in [1.82, 2.24) is 9.55 Å². The van der Waals surface area contributed by atoms with Crippen molar-refractivity contribution in [2.24, 2.45) is 0 Å². The lowest BCUT2D eigenvalue weighted by molar-refractivity contribution is 0.183. The fourth-order valence-corrected chi connectivity index (χ4v) is 2.77. The molecule has 1 aromatic heterocycles. The predicted molar refractivity (Wildman–Crippen MR) is 91.7 cm³/mol. The van der Waals surface area contributed by atoms with Gasteiger partial charge in [0, 0.05) is 6.54 Å². The summed E-state index contributed by atoms with van der Waals surface area (Å²) in [7, 11) is 0. The number of hydrogen-bond donors (Lipinski definition) is 1. The Labute approximate surface area is 136 Å². The molecule has 0 unspecified atom stereocenters. The van der Waals surface area contributed by atoms with E-state index in [1.807, 2.05) is 55.5 Å². The Morgan fingerprint density at radius 1 is 1.13 bits per heavy atom. The first kappa shape index (κ1) is 15.6. The molecule has 0 bridgehead atoms. The largest absolute Gasteiger partial charge is 0.493 e. The molecule has 1 heterocycles. The molecule has 1 N–H and O–H groups in total. The van der Waals surface area contributed by atoms with E-state index in [-0.39, 0.29) is 0 Å². The normalized spacial score (nSPS) is 12.5. The summed E-state index contributed by atoms with van der Waals surface area (Å²) in [5.41, 5.74) is 3.12. The second-order valence-corrected chi connectivity index (χ2v) is 5.75. The van der Waals surface area contributed by atoms with Crippen LogP contribution in [0.3, 0.4) is 0 Å². The van der Waals surface area contributed by atoms with Crippen LogP contribution in [0.15, 0.2) is 48.5 Å². The third-order valence-electron chi connectivity index (χ3n) is 3.93. The molecule has 0 aliphatic carbocycles. The van der Waals surface area contributed by atoms with Gasteiger partial charge in [0.25, 0.3) is 0 Å². The van der Waals surface area contributed by atoms with E-state index in [2.05, 4.69) is 9.55 Å². The molecule has 1 atom stereocenters. The van der Waals surface area contributed by atoms with Gasteiger partial charge in [0.2, 0.25) is 0 Å². The van der Waals surface area contributed by atoms with Crippen molar-refractivity contribution < 1.29 is 9.84 Å². The summed E-state index contributed by atoms with van der Waals surface area (Å²) < 4.78 is 7.94. The Morgan fingerprint density at radius 3 is 2.65 bits per heavy atom. The monoisotopic (exact) mass is 310 g/mol. The Kier molecular flexibility index (Phi) is 4.63. The summed E-state index contributed by atoms with van der Waals surface area (Å²) in [6, 6.07) is 16.0. The van der Waals surface area contributed by atoms with E-state index in [1.54, 1.807) is 6.92 Å². The topological polar surface area (TPSA) is 47.3 Å². The second-order valence-electron chi connectivity index (χ2n) is 5.75. The van der Waals surface area contributed by atoms with Crippen molar-refractivity contribution in [1.29, 1.82) is 0 Å². The number of aryl methyl sites for hydroxylation is 2. The van der Waals surface area contributed by atoms with E-state index in [4.69, 9.17) is 4.74 Å². The maximum absolute atomic E-state index is 9.96. The van der Waals surface area contributed by atoms with Gasteiger partial charge in [0.1, 0.15) is 17.7 Å². The molecule has 0 spiro atoms. The first-order valence-electron chi connectivity index (χ1n) is 7.98. The zero-order chi connectivity index (χ0) is 16.2. The van der Waals surface area contributed by atoms with Gasteiger partial charge in [0.05, 0.1) is 17.6 Å². The molecule has 4 nitrogen and oxygen atoms in total. The summed E-state index contributed by atoms with van der Waals surface area (Å²) >= 11 is 0. The van der Waals surface area contributed by atoms with Crippen molar-refractivity contribution in [2.45, 2.75) is 32.9 Å². The molecule has 23 heavy (non-hydrogen) atoms. The van der Waals surface area contributed by atoms with Crippen LogP contribution in [-0.2, 0) is 6.54 Å². The van der Waals surface area contributed by atoms with Gasteiger partial charge in [-0.15, -0.1) is 0 Å². The number of aliphatic hydroxyl groups is 1. The van der Waals surface area contributed by atoms with Crippen LogP contribution in [0.1, 0.15) is 30.8 Å². The average molecular weight is 310 g/mol. The maximum atomic E-state index is 9.96. The van der Waals surface area contributed by atoms with Crippen LogP contribution in [0.2, 0.25) is 0 Å². The van der Waals surface area contributed by atoms with Crippen molar-refractivity contribution in [3.63, 3.8) is 0 Å². The number of hydrogen-bond acceptors (Lipinski definition) is 3. The minimum absolute atomic E-state index is 0.584. The van der Waals surface area contributed by atoms with E-state index in [0.29, 0.717) is 12.4 Å². The van der Waals surface area contributed by atoms with Crippen LogP contribution in [0.5, 0.6) is 5.75 Å². The van der Waals surface area contributed by atoms with Crippen LogP contribution in [0, 0.1) is 6.92 Å². The highest BCUT2D eigenvalue weighted by Crippen LogP contribution is 2.21. The van der Waals surface area contributed by atoms with Crippen molar-refractivity contribution in [3.8, 4) is 5.75 Å². The third-order valence-corrected chi connectivity index (χ3v) is 3.93. The molecule has 0 aliphatic heterocycles.